The number of amides is 1. The van der Waals surface area contributed by atoms with E-state index in [1.54, 1.807) is 12.1 Å². The fourth-order valence-corrected chi connectivity index (χ4v) is 3.94. The smallest absolute Gasteiger partial charge is 0.335 e. The van der Waals surface area contributed by atoms with E-state index in [-0.39, 0.29) is 16.6 Å². The van der Waals surface area contributed by atoms with E-state index < -0.39 is 15.9 Å². The molecule has 4 N–H and O–H groups in total. The predicted molar refractivity (Wildman–Crippen MR) is 146 cm³/mol. The number of carbonyl (C=O) groups is 2. The maximum absolute atomic E-state index is 12.4. The highest BCUT2D eigenvalue weighted by molar-refractivity contribution is 7.80. The minimum Gasteiger partial charge on any atom is -0.478 e. The van der Waals surface area contributed by atoms with Crippen LogP contribution >= 0.6 is 47.0 Å². The van der Waals surface area contributed by atoms with Crippen molar-refractivity contribution in [3.05, 3.63) is 29.8 Å². The van der Waals surface area contributed by atoms with E-state index in [0.717, 1.165) is 19.3 Å². The minimum absolute atomic E-state index is 0.120. The van der Waals surface area contributed by atoms with Gasteiger partial charge in [0.2, 0.25) is 9.70 Å². The van der Waals surface area contributed by atoms with Gasteiger partial charge in [0, 0.05) is 12.1 Å². The average molecular weight is 553 g/mol. The minimum atomic E-state index is -1.83. The van der Waals surface area contributed by atoms with E-state index in [1.807, 2.05) is 0 Å². The Labute approximate surface area is 223 Å². The number of alkyl halides is 3. The monoisotopic (exact) mass is 551 g/mol. The molecule has 34 heavy (non-hydrogen) atoms. The summed E-state index contributed by atoms with van der Waals surface area (Å²) < 4.78 is -1.83. The van der Waals surface area contributed by atoms with Gasteiger partial charge in [-0.05, 0) is 42.9 Å². The third-order valence-electron chi connectivity index (χ3n) is 5.31. The Bertz CT molecular complexity index is 758. The van der Waals surface area contributed by atoms with Gasteiger partial charge in [0.1, 0.15) is 6.17 Å². The first kappa shape index (κ1) is 30.8. The van der Waals surface area contributed by atoms with Crippen molar-refractivity contribution in [3.8, 4) is 0 Å². The molecule has 0 spiro atoms. The van der Waals surface area contributed by atoms with Gasteiger partial charge in [-0.15, -0.1) is 0 Å². The highest BCUT2D eigenvalue weighted by atomic mass is 35.6. The summed E-state index contributed by atoms with van der Waals surface area (Å²) in [7, 11) is 0. The van der Waals surface area contributed by atoms with Gasteiger partial charge >= 0.3 is 5.97 Å². The molecule has 0 fully saturated rings. The maximum Gasteiger partial charge on any atom is 0.335 e. The van der Waals surface area contributed by atoms with Crippen LogP contribution in [0.3, 0.4) is 0 Å². The quantitative estimate of drug-likeness (QED) is 0.0751. The van der Waals surface area contributed by atoms with Crippen molar-refractivity contribution >= 4 is 69.7 Å². The Morgan fingerprint density at radius 3 is 1.85 bits per heavy atom. The van der Waals surface area contributed by atoms with Gasteiger partial charge in [-0.1, -0.05) is 106 Å². The maximum atomic E-state index is 12.4. The van der Waals surface area contributed by atoms with E-state index in [4.69, 9.17) is 52.1 Å². The molecule has 0 heterocycles. The zero-order valence-corrected chi connectivity index (χ0v) is 22.8. The highest BCUT2D eigenvalue weighted by Crippen LogP contribution is 2.29. The average Bonchev–Trinajstić information content (AvgIpc) is 2.76. The van der Waals surface area contributed by atoms with E-state index in [0.29, 0.717) is 12.1 Å². The molecule has 0 saturated carbocycles. The molecule has 6 nitrogen and oxygen atoms in total. The summed E-state index contributed by atoms with van der Waals surface area (Å²) in [6.07, 6.45) is 12.5. The number of carboxylic acid groups (broad SMARTS) is 1. The molecule has 1 rings (SSSR count). The molecule has 0 radical (unpaired) electrons. The Kier molecular flexibility index (Phi) is 15.6. The molecule has 0 aliphatic heterocycles. The lowest BCUT2D eigenvalue weighted by molar-refractivity contribution is -0.122. The Morgan fingerprint density at radius 2 is 1.38 bits per heavy atom. The van der Waals surface area contributed by atoms with Crippen molar-refractivity contribution < 1.29 is 14.7 Å². The highest BCUT2D eigenvalue weighted by Gasteiger charge is 2.34. The molecular formula is C24H36Cl3N3O3S. The first-order chi connectivity index (χ1) is 16.1. The lowest BCUT2D eigenvalue weighted by atomic mass is 10.1. The summed E-state index contributed by atoms with van der Waals surface area (Å²) >= 11 is 23.3. The van der Waals surface area contributed by atoms with Crippen molar-refractivity contribution in [1.29, 1.82) is 0 Å². The van der Waals surface area contributed by atoms with Gasteiger partial charge in [-0.2, -0.15) is 0 Å². The third-order valence-corrected chi connectivity index (χ3v) is 6.18. The number of aromatic carboxylic acids is 1. The zero-order chi connectivity index (χ0) is 25.4. The largest absolute Gasteiger partial charge is 0.478 e. The number of carbonyl (C=O) groups excluding carboxylic acids is 1. The fourth-order valence-electron chi connectivity index (χ4n) is 3.38. The van der Waals surface area contributed by atoms with Gasteiger partial charge in [-0.3, -0.25) is 4.79 Å². The molecule has 0 aromatic heterocycles. The Balaban J connectivity index is 2.31. The number of halogens is 3. The summed E-state index contributed by atoms with van der Waals surface area (Å²) in [5.41, 5.74) is 0.705. The predicted octanol–water partition coefficient (Wildman–Crippen LogP) is 7.18. The topological polar surface area (TPSA) is 90.5 Å². The van der Waals surface area contributed by atoms with Crippen LogP contribution in [0.2, 0.25) is 0 Å². The van der Waals surface area contributed by atoms with E-state index in [9.17, 15) is 9.59 Å². The molecule has 0 aliphatic carbocycles. The van der Waals surface area contributed by atoms with Crippen LogP contribution < -0.4 is 16.0 Å². The standard InChI is InChI=1S/C24H36Cl3N3O3S/c1-2-3-4-5-6-7-8-9-10-11-12-13-20(31)29-22(24(25,26)27)30-23(34)28-19-16-14-18(15-17-19)21(32)33/h14-17,22H,2-13H2,1H3,(H,29,31)(H,32,33)(H2,28,30,34)/t22-/m1/s1. The molecule has 1 atom stereocenters. The van der Waals surface area contributed by atoms with Gasteiger partial charge in [-0.25, -0.2) is 4.79 Å². The molecule has 1 aromatic carbocycles. The first-order valence-corrected chi connectivity index (χ1v) is 13.4. The van der Waals surface area contributed by atoms with Crippen molar-refractivity contribution in [2.75, 3.05) is 5.32 Å². The van der Waals surface area contributed by atoms with E-state index >= 15 is 0 Å². The van der Waals surface area contributed by atoms with Crippen LogP contribution in [0.15, 0.2) is 24.3 Å². The molecule has 1 aromatic rings. The summed E-state index contributed by atoms with van der Waals surface area (Å²) in [6.45, 7) is 2.23. The number of unbranched alkanes of at least 4 members (excludes halogenated alkanes) is 10. The number of anilines is 1. The third kappa shape index (κ3) is 14.2. The lowest BCUT2D eigenvalue weighted by Gasteiger charge is -2.27. The van der Waals surface area contributed by atoms with Gasteiger partial charge < -0.3 is 21.1 Å². The van der Waals surface area contributed by atoms with Gasteiger partial charge in [0.15, 0.2) is 5.11 Å². The van der Waals surface area contributed by atoms with Crippen molar-refractivity contribution in [3.63, 3.8) is 0 Å². The normalized spacial score (nSPS) is 12.1. The second-order valence-electron chi connectivity index (χ2n) is 8.31. The zero-order valence-electron chi connectivity index (χ0n) is 19.7. The van der Waals surface area contributed by atoms with E-state index in [2.05, 4.69) is 22.9 Å². The second-order valence-corrected chi connectivity index (χ2v) is 11.1. The number of nitrogens with one attached hydrogen (secondary N) is 3. The van der Waals surface area contributed by atoms with Crippen LogP contribution in [0.1, 0.15) is 94.3 Å². The number of carboxylic acids is 1. The van der Waals surface area contributed by atoms with Crippen LogP contribution in [-0.4, -0.2) is 32.1 Å². The second kappa shape index (κ2) is 17.2. The summed E-state index contributed by atoms with van der Waals surface area (Å²) in [6, 6.07) is 6.00. The molecule has 0 unspecified atom stereocenters. The Morgan fingerprint density at radius 1 is 0.882 bits per heavy atom. The number of thiocarbonyl (C=S) groups is 1. The molecule has 0 saturated heterocycles. The van der Waals surface area contributed by atoms with E-state index in [1.165, 1.54) is 63.5 Å². The van der Waals surface area contributed by atoms with Gasteiger partial charge in [0.25, 0.3) is 0 Å². The molecule has 1 amide bonds. The summed E-state index contributed by atoms with van der Waals surface area (Å²) in [4.78, 5) is 23.3. The molecular weight excluding hydrogens is 517 g/mol. The SMILES string of the molecule is CCCCCCCCCCCCCC(=O)N[C@H](NC(=S)Nc1ccc(C(=O)O)cc1)C(Cl)(Cl)Cl. The Hall–Kier alpha value is -1.28. The van der Waals surface area contributed by atoms with Crippen LogP contribution in [0.4, 0.5) is 5.69 Å². The fraction of sp³-hybridized carbons (Fsp3) is 0.625. The molecule has 192 valence electrons. The van der Waals surface area contributed by atoms with Crippen LogP contribution in [0.25, 0.3) is 0 Å². The number of hydrogen-bond acceptors (Lipinski definition) is 3. The van der Waals surface area contributed by atoms with Crippen molar-refractivity contribution in [1.82, 2.24) is 10.6 Å². The lowest BCUT2D eigenvalue weighted by Crippen LogP contribution is -2.56. The molecule has 0 bridgehead atoms. The number of benzene rings is 1. The number of hydrogen-bond donors (Lipinski definition) is 4. The van der Waals surface area contributed by atoms with Crippen LogP contribution in [-0.2, 0) is 4.79 Å². The van der Waals surface area contributed by atoms with Crippen molar-refractivity contribution in [2.45, 2.75) is 93.9 Å². The van der Waals surface area contributed by atoms with Crippen molar-refractivity contribution in [2.24, 2.45) is 0 Å². The van der Waals surface area contributed by atoms with Crippen LogP contribution in [0.5, 0.6) is 0 Å². The summed E-state index contributed by atoms with van der Waals surface area (Å²) in [5.74, 6) is -1.25. The molecule has 10 heteroatoms. The first-order valence-electron chi connectivity index (χ1n) is 11.9. The number of rotatable bonds is 16. The summed E-state index contributed by atoms with van der Waals surface area (Å²) in [5, 5.41) is 17.4. The van der Waals surface area contributed by atoms with Crippen LogP contribution in [0, 0.1) is 0 Å². The van der Waals surface area contributed by atoms with Gasteiger partial charge in [0.05, 0.1) is 5.56 Å². The molecule has 0 aliphatic rings.